The second kappa shape index (κ2) is 16.1. The number of hydrogen-bond acceptors (Lipinski definition) is 6. The van der Waals surface area contributed by atoms with Gasteiger partial charge in [0.25, 0.3) is 5.91 Å². The number of hydrogen-bond donors (Lipinski definition) is 3. The summed E-state index contributed by atoms with van der Waals surface area (Å²) in [5.41, 5.74) is 5.94. The van der Waals surface area contributed by atoms with Crippen LogP contribution in [-0.2, 0) is 19.1 Å². The van der Waals surface area contributed by atoms with Crippen molar-refractivity contribution in [1.82, 2.24) is 10.2 Å². The molecule has 0 aliphatic rings. The molecule has 226 valence electrons. The van der Waals surface area contributed by atoms with Crippen LogP contribution in [0, 0.1) is 12.3 Å². The summed E-state index contributed by atoms with van der Waals surface area (Å²) in [6.45, 7) is 7.24. The number of rotatable bonds is 14. The minimum atomic E-state index is -1.38. The summed E-state index contributed by atoms with van der Waals surface area (Å²) in [6, 6.07) is 11.0. The molecule has 2 rings (SSSR count). The van der Waals surface area contributed by atoms with Crippen LogP contribution < -0.4 is 21.1 Å². The van der Waals surface area contributed by atoms with E-state index >= 15 is 0 Å². The van der Waals surface area contributed by atoms with Crippen LogP contribution in [0.2, 0.25) is 0 Å². The molecule has 2 aromatic rings. The van der Waals surface area contributed by atoms with Crippen LogP contribution >= 0.6 is 0 Å². The fourth-order valence-corrected chi connectivity index (χ4v) is 4.33. The number of carbonyl (C=O) groups excluding carboxylic acids is 4. The number of nitrogens with one attached hydrogen (secondary N) is 2. The molecule has 0 saturated carbocycles. The molecule has 0 aliphatic carbocycles. The zero-order chi connectivity index (χ0) is 31.3. The van der Waals surface area contributed by atoms with Crippen molar-refractivity contribution in [2.24, 2.45) is 5.73 Å². The maximum absolute atomic E-state index is 14.2. The monoisotopic (exact) mass is 578 g/mol. The summed E-state index contributed by atoms with van der Waals surface area (Å²) < 4.78 is 10.5. The molecule has 42 heavy (non-hydrogen) atoms. The number of benzene rings is 2. The molecule has 10 heteroatoms. The molecule has 0 radical (unpaired) electrons. The summed E-state index contributed by atoms with van der Waals surface area (Å²) >= 11 is 0. The third-order valence-electron chi connectivity index (χ3n) is 6.26. The summed E-state index contributed by atoms with van der Waals surface area (Å²) in [6.07, 6.45) is 7.67. The van der Waals surface area contributed by atoms with Crippen molar-refractivity contribution in [2.45, 2.75) is 77.5 Å². The van der Waals surface area contributed by atoms with Crippen molar-refractivity contribution in [3.05, 3.63) is 59.7 Å². The zero-order valence-electron chi connectivity index (χ0n) is 25.1. The Morgan fingerprint density at radius 2 is 1.69 bits per heavy atom. The van der Waals surface area contributed by atoms with Crippen LogP contribution in [0.5, 0.6) is 5.75 Å². The molecule has 4 amide bonds. The molecular formula is C32H42N4O6. The number of anilines is 1. The fourth-order valence-electron chi connectivity index (χ4n) is 4.33. The average Bonchev–Trinajstić information content (AvgIpc) is 2.93. The molecule has 10 nitrogen and oxygen atoms in total. The molecule has 0 aliphatic heterocycles. The molecule has 2 aromatic carbocycles. The Kier molecular flexibility index (Phi) is 12.9. The van der Waals surface area contributed by atoms with E-state index < -0.39 is 47.9 Å². The Bertz CT molecular complexity index is 1260. The summed E-state index contributed by atoms with van der Waals surface area (Å²) in [5.74, 6) is 1.21. The van der Waals surface area contributed by atoms with Gasteiger partial charge < -0.3 is 30.7 Å². The number of amides is 4. The summed E-state index contributed by atoms with van der Waals surface area (Å²) in [5, 5.41) is 5.35. The van der Waals surface area contributed by atoms with Gasteiger partial charge in [0.2, 0.25) is 11.8 Å². The largest absolute Gasteiger partial charge is 0.497 e. The fraction of sp³-hybridized carbons (Fsp3) is 0.438. The molecule has 2 atom stereocenters. The quantitative estimate of drug-likeness (QED) is 0.222. The highest BCUT2D eigenvalue weighted by Crippen LogP contribution is 2.28. The van der Waals surface area contributed by atoms with Gasteiger partial charge in [0, 0.05) is 17.8 Å². The van der Waals surface area contributed by atoms with Crippen LogP contribution in [0.15, 0.2) is 48.5 Å². The number of unbranched alkanes of at least 4 members (excludes halogenated alkanes) is 3. The van der Waals surface area contributed by atoms with Crippen molar-refractivity contribution < 1.29 is 28.7 Å². The molecule has 2 unspecified atom stereocenters. The van der Waals surface area contributed by atoms with Crippen molar-refractivity contribution in [3.8, 4) is 18.1 Å². The highest BCUT2D eigenvalue weighted by Gasteiger charge is 2.37. The van der Waals surface area contributed by atoms with Crippen LogP contribution in [0.3, 0.4) is 0 Å². The van der Waals surface area contributed by atoms with Crippen molar-refractivity contribution in [2.75, 3.05) is 19.0 Å². The number of primary amides is 1. The minimum absolute atomic E-state index is 0.156. The highest BCUT2D eigenvalue weighted by atomic mass is 16.6. The number of ether oxygens (including phenoxy) is 2. The lowest BCUT2D eigenvalue weighted by Crippen LogP contribution is -2.53. The van der Waals surface area contributed by atoms with Gasteiger partial charge in [-0.15, -0.1) is 6.42 Å². The first kappa shape index (κ1) is 33.7. The van der Waals surface area contributed by atoms with Gasteiger partial charge in [-0.25, -0.2) is 4.79 Å². The van der Waals surface area contributed by atoms with E-state index in [-0.39, 0.29) is 6.54 Å². The lowest BCUT2D eigenvalue weighted by Gasteiger charge is -2.35. The van der Waals surface area contributed by atoms with Gasteiger partial charge in [-0.1, -0.05) is 50.3 Å². The first-order valence-electron chi connectivity index (χ1n) is 14.0. The number of alkyl carbamates (subject to hydrolysis) is 1. The Morgan fingerprint density at radius 1 is 1.02 bits per heavy atom. The van der Waals surface area contributed by atoms with Crippen LogP contribution in [0.25, 0.3) is 0 Å². The van der Waals surface area contributed by atoms with Crippen LogP contribution in [-0.4, -0.2) is 54.0 Å². The molecule has 0 spiro atoms. The molecule has 4 N–H and O–H groups in total. The number of carbonyl (C=O) groups is 4. The van der Waals surface area contributed by atoms with Gasteiger partial charge >= 0.3 is 6.09 Å². The maximum Gasteiger partial charge on any atom is 0.408 e. The second-order valence-electron chi connectivity index (χ2n) is 10.8. The summed E-state index contributed by atoms with van der Waals surface area (Å²) in [4.78, 5) is 54.3. The van der Waals surface area contributed by atoms with E-state index in [1.807, 2.05) is 0 Å². The zero-order valence-corrected chi connectivity index (χ0v) is 25.1. The smallest absolute Gasteiger partial charge is 0.408 e. The Morgan fingerprint density at radius 3 is 2.26 bits per heavy atom. The van der Waals surface area contributed by atoms with E-state index in [0.29, 0.717) is 29.0 Å². The van der Waals surface area contributed by atoms with Gasteiger partial charge in [-0.2, -0.15) is 0 Å². The van der Waals surface area contributed by atoms with Gasteiger partial charge in [0.15, 0.2) is 0 Å². The maximum atomic E-state index is 14.2. The third kappa shape index (κ3) is 10.5. The Labute approximate surface area is 248 Å². The van der Waals surface area contributed by atoms with Crippen LogP contribution in [0.4, 0.5) is 10.5 Å². The summed E-state index contributed by atoms with van der Waals surface area (Å²) in [7, 11) is 1.54. The average molecular weight is 579 g/mol. The molecular weight excluding hydrogens is 536 g/mol. The normalized spacial score (nSPS) is 12.3. The number of methoxy groups -OCH3 is 1. The number of terminal acetylenes is 1. The van der Waals surface area contributed by atoms with E-state index in [1.54, 1.807) is 69.3 Å². The number of nitrogens with zero attached hydrogens (tertiary/aromatic N) is 1. The van der Waals surface area contributed by atoms with Crippen molar-refractivity contribution in [1.29, 1.82) is 0 Å². The van der Waals surface area contributed by atoms with E-state index in [4.69, 9.17) is 21.6 Å². The SMILES string of the molecule is C#Cc1ccccc1C(C(=O)Nc1ccc(OC)cc1)N(CCCCCC)C(=O)C(CC(N)=O)NC(=O)OC(C)(C)C. The molecule has 0 aromatic heterocycles. The minimum Gasteiger partial charge on any atom is -0.497 e. The molecule has 0 fully saturated rings. The molecule has 0 bridgehead atoms. The third-order valence-corrected chi connectivity index (χ3v) is 6.26. The van der Waals surface area contributed by atoms with Crippen LogP contribution in [0.1, 0.15) is 77.0 Å². The lowest BCUT2D eigenvalue weighted by molar-refractivity contribution is -0.142. The van der Waals surface area contributed by atoms with E-state index in [9.17, 15) is 19.2 Å². The molecule has 0 saturated heterocycles. The molecule has 0 heterocycles. The Hall–Kier alpha value is -4.52. The van der Waals surface area contributed by atoms with E-state index in [0.717, 1.165) is 19.3 Å². The lowest BCUT2D eigenvalue weighted by atomic mass is 9.96. The van der Waals surface area contributed by atoms with Gasteiger partial charge in [0.05, 0.1) is 13.5 Å². The van der Waals surface area contributed by atoms with Gasteiger partial charge in [-0.05, 0) is 63.1 Å². The first-order valence-corrected chi connectivity index (χ1v) is 14.0. The predicted molar refractivity (Wildman–Crippen MR) is 162 cm³/mol. The predicted octanol–water partition coefficient (Wildman–Crippen LogP) is 4.53. The second-order valence-corrected chi connectivity index (χ2v) is 10.8. The van der Waals surface area contributed by atoms with Crippen molar-refractivity contribution in [3.63, 3.8) is 0 Å². The van der Waals surface area contributed by atoms with Crippen molar-refractivity contribution >= 4 is 29.5 Å². The first-order chi connectivity index (χ1) is 19.9. The number of nitrogens with two attached hydrogens (primary N) is 1. The topological polar surface area (TPSA) is 140 Å². The van der Waals surface area contributed by atoms with E-state index in [2.05, 4.69) is 23.5 Å². The van der Waals surface area contributed by atoms with Gasteiger partial charge in [0.1, 0.15) is 23.4 Å². The standard InChI is InChI=1S/C32H42N4O6/c1-7-9-10-13-20-36(30(39)26(21-27(33)37)35-31(40)42-32(3,4)5)28(25-15-12-11-14-22(25)8-2)29(38)34-23-16-18-24(41-6)19-17-23/h2,11-12,14-19,26,28H,7,9-10,13,20-21H2,1,3-6H3,(H2,33,37)(H,34,38)(H,35,40). The highest BCUT2D eigenvalue weighted by molar-refractivity contribution is 6.00. The Balaban J connectivity index is 2.60. The van der Waals surface area contributed by atoms with Gasteiger partial charge in [-0.3, -0.25) is 14.4 Å². The van der Waals surface area contributed by atoms with E-state index in [1.165, 1.54) is 12.0 Å².